The molecule has 8 heteroatoms. The predicted octanol–water partition coefficient (Wildman–Crippen LogP) is 3.14. The van der Waals surface area contributed by atoms with Crippen LogP contribution >= 0.6 is 0 Å². The zero-order valence-corrected chi connectivity index (χ0v) is 10.5. The van der Waals surface area contributed by atoms with Crippen LogP contribution in [0.4, 0.5) is 26.3 Å². The highest BCUT2D eigenvalue weighted by Gasteiger charge is 2.74. The second kappa shape index (κ2) is 4.88. The van der Waals surface area contributed by atoms with Gasteiger partial charge in [-0.05, 0) is 24.0 Å². The van der Waals surface area contributed by atoms with Crippen LogP contribution in [0.5, 0.6) is 0 Å². The van der Waals surface area contributed by atoms with Crippen LogP contribution in [-0.2, 0) is 6.42 Å². The van der Waals surface area contributed by atoms with Gasteiger partial charge in [-0.15, -0.1) is 0 Å². The Morgan fingerprint density at radius 2 is 1.48 bits per heavy atom. The minimum atomic E-state index is -5.93. The maximum absolute atomic E-state index is 12.9. The van der Waals surface area contributed by atoms with E-state index in [0.717, 1.165) is 0 Å². The number of alkyl halides is 6. The molecule has 1 aromatic carbocycles. The van der Waals surface area contributed by atoms with Crippen molar-refractivity contribution in [3.05, 3.63) is 35.4 Å². The Kier molecular flexibility index (Phi) is 3.74. The highest BCUT2D eigenvalue weighted by atomic mass is 19.4. The lowest BCUT2D eigenvalue weighted by Crippen LogP contribution is -2.63. The third kappa shape index (κ3) is 2.40. The fourth-order valence-corrected chi connectivity index (χ4v) is 2.75. The van der Waals surface area contributed by atoms with E-state index in [2.05, 4.69) is 0 Å². The third-order valence-corrected chi connectivity index (χ3v) is 3.88. The number of hydrogen-bond donors (Lipinski definition) is 2. The monoisotopic (exact) mass is 314 g/mol. The third-order valence-electron chi connectivity index (χ3n) is 3.88. The van der Waals surface area contributed by atoms with Gasteiger partial charge in [-0.1, -0.05) is 24.3 Å². The first-order valence-electron chi connectivity index (χ1n) is 6.12. The smallest absolute Gasteiger partial charge is 0.388 e. The number of fused-ring (bicyclic) bond motifs is 1. The average Bonchev–Trinajstić information content (AvgIpc) is 2.36. The van der Waals surface area contributed by atoms with Crippen molar-refractivity contribution in [2.24, 2.45) is 5.92 Å². The normalized spacial score (nSPS) is 23.8. The molecule has 0 fully saturated rings. The van der Waals surface area contributed by atoms with Crippen molar-refractivity contribution in [2.45, 2.75) is 36.9 Å². The van der Waals surface area contributed by atoms with Gasteiger partial charge in [-0.2, -0.15) is 26.3 Å². The van der Waals surface area contributed by atoms with E-state index in [1.165, 1.54) is 18.2 Å². The molecule has 0 spiro atoms. The molecule has 0 radical (unpaired) electrons. The second-order valence-corrected chi connectivity index (χ2v) is 5.05. The van der Waals surface area contributed by atoms with Gasteiger partial charge in [-0.3, -0.25) is 0 Å². The second-order valence-electron chi connectivity index (χ2n) is 5.05. The topological polar surface area (TPSA) is 40.5 Å². The quantitative estimate of drug-likeness (QED) is 0.782. The molecule has 1 aromatic rings. The van der Waals surface area contributed by atoms with Crippen LogP contribution in [0.15, 0.2) is 24.3 Å². The largest absolute Gasteiger partial charge is 0.426 e. The molecule has 21 heavy (non-hydrogen) atoms. The highest BCUT2D eigenvalue weighted by molar-refractivity contribution is 5.33. The van der Waals surface area contributed by atoms with Gasteiger partial charge in [0, 0.05) is 5.92 Å². The van der Waals surface area contributed by atoms with Gasteiger partial charge >= 0.3 is 12.4 Å². The number of rotatable bonds is 1. The zero-order chi connectivity index (χ0) is 16.1. The molecule has 0 heterocycles. The molecule has 2 N–H and O–H groups in total. The SMILES string of the molecule is O[C@H]1c2ccccc2CC[C@@H]1C(O)(C(F)(F)F)C(F)(F)F. The highest BCUT2D eigenvalue weighted by Crippen LogP contribution is 2.53. The van der Waals surface area contributed by atoms with Gasteiger partial charge in [0.15, 0.2) is 0 Å². The van der Waals surface area contributed by atoms with Crippen molar-refractivity contribution in [3.8, 4) is 0 Å². The molecule has 0 bridgehead atoms. The summed E-state index contributed by atoms with van der Waals surface area (Å²) in [7, 11) is 0. The molecule has 0 aromatic heterocycles. The van der Waals surface area contributed by atoms with Gasteiger partial charge in [-0.25, -0.2) is 0 Å². The molecule has 0 saturated heterocycles. The summed E-state index contributed by atoms with van der Waals surface area (Å²) in [5.74, 6) is -2.40. The van der Waals surface area contributed by atoms with Crippen LogP contribution in [0.25, 0.3) is 0 Å². The summed E-state index contributed by atoms with van der Waals surface area (Å²) in [5, 5.41) is 19.3. The Labute approximate surface area is 116 Å². The lowest BCUT2D eigenvalue weighted by molar-refractivity contribution is -0.392. The molecule has 2 rings (SSSR count). The molecule has 0 aliphatic heterocycles. The number of aryl methyl sites for hydroxylation is 1. The predicted molar refractivity (Wildman–Crippen MR) is 60.3 cm³/mol. The minimum Gasteiger partial charge on any atom is -0.388 e. The maximum atomic E-state index is 12.9. The molecule has 2 atom stereocenters. The fraction of sp³-hybridized carbons (Fsp3) is 0.538. The van der Waals surface area contributed by atoms with Crippen LogP contribution in [0, 0.1) is 5.92 Å². The van der Waals surface area contributed by atoms with Crippen LogP contribution in [0.2, 0.25) is 0 Å². The lowest BCUT2D eigenvalue weighted by atomic mass is 9.71. The van der Waals surface area contributed by atoms with Gasteiger partial charge in [0.05, 0.1) is 6.10 Å². The van der Waals surface area contributed by atoms with Gasteiger partial charge in [0.2, 0.25) is 0 Å². The van der Waals surface area contributed by atoms with Crippen LogP contribution in [0.1, 0.15) is 23.7 Å². The summed E-state index contributed by atoms with van der Waals surface area (Å²) >= 11 is 0. The van der Waals surface area contributed by atoms with Crippen LogP contribution in [-0.4, -0.2) is 28.2 Å². The van der Waals surface area contributed by atoms with Crippen molar-refractivity contribution in [2.75, 3.05) is 0 Å². The zero-order valence-electron chi connectivity index (χ0n) is 10.5. The van der Waals surface area contributed by atoms with Gasteiger partial charge in [0.25, 0.3) is 5.60 Å². The van der Waals surface area contributed by atoms with E-state index < -0.39 is 36.4 Å². The number of halogens is 6. The molecular formula is C13H12F6O2. The fourth-order valence-electron chi connectivity index (χ4n) is 2.75. The van der Waals surface area contributed by atoms with Crippen molar-refractivity contribution < 1.29 is 36.6 Å². The number of aliphatic hydroxyl groups is 2. The van der Waals surface area contributed by atoms with E-state index in [-0.39, 0.29) is 12.0 Å². The number of aliphatic hydroxyl groups excluding tert-OH is 1. The summed E-state index contributed by atoms with van der Waals surface area (Å²) in [4.78, 5) is 0. The van der Waals surface area contributed by atoms with Crippen molar-refractivity contribution in [3.63, 3.8) is 0 Å². The van der Waals surface area contributed by atoms with Crippen molar-refractivity contribution >= 4 is 0 Å². The van der Waals surface area contributed by atoms with Crippen molar-refractivity contribution in [1.29, 1.82) is 0 Å². The Hall–Kier alpha value is -1.28. The van der Waals surface area contributed by atoms with E-state index in [1.54, 1.807) is 6.07 Å². The standard InChI is InChI=1S/C13H12F6O2/c14-12(15,16)11(21,13(17,18)19)9-6-5-7-3-1-2-4-8(7)10(9)20/h1-4,9-10,20-21H,5-6H2/t9-,10-/m0/s1. The van der Waals surface area contributed by atoms with E-state index >= 15 is 0 Å². The molecule has 0 unspecified atom stereocenters. The first kappa shape index (κ1) is 16.1. The molecule has 118 valence electrons. The molecular weight excluding hydrogens is 302 g/mol. The Bertz CT molecular complexity index is 508. The average molecular weight is 314 g/mol. The first-order chi connectivity index (χ1) is 9.50. The van der Waals surface area contributed by atoms with E-state index in [9.17, 15) is 36.6 Å². The van der Waals surface area contributed by atoms with Crippen LogP contribution < -0.4 is 0 Å². The van der Waals surface area contributed by atoms with E-state index in [0.29, 0.717) is 5.56 Å². The molecule has 2 nitrogen and oxygen atoms in total. The molecule has 0 saturated carbocycles. The van der Waals surface area contributed by atoms with Gasteiger partial charge < -0.3 is 10.2 Å². The Morgan fingerprint density at radius 3 is 2.00 bits per heavy atom. The lowest BCUT2D eigenvalue weighted by Gasteiger charge is -2.43. The Morgan fingerprint density at radius 1 is 0.952 bits per heavy atom. The van der Waals surface area contributed by atoms with E-state index in [4.69, 9.17) is 0 Å². The summed E-state index contributed by atoms with van der Waals surface area (Å²) in [6.45, 7) is 0. The number of hydrogen-bond acceptors (Lipinski definition) is 2. The van der Waals surface area contributed by atoms with Crippen molar-refractivity contribution in [1.82, 2.24) is 0 Å². The summed E-state index contributed by atoms with van der Waals surface area (Å²) in [6, 6.07) is 5.77. The Balaban J connectivity index is 2.50. The molecule has 1 aliphatic carbocycles. The molecule has 0 amide bonds. The molecule has 1 aliphatic rings. The summed E-state index contributed by atoms with van der Waals surface area (Å²) < 4.78 is 77.1. The summed E-state index contributed by atoms with van der Waals surface area (Å²) in [5.41, 5.74) is -4.47. The maximum Gasteiger partial charge on any atom is 0.426 e. The van der Waals surface area contributed by atoms with Crippen LogP contribution in [0.3, 0.4) is 0 Å². The first-order valence-corrected chi connectivity index (χ1v) is 6.12. The van der Waals surface area contributed by atoms with E-state index in [1.807, 2.05) is 0 Å². The van der Waals surface area contributed by atoms with Gasteiger partial charge in [0.1, 0.15) is 0 Å². The summed E-state index contributed by atoms with van der Waals surface area (Å²) in [6.07, 6.45) is -14.6. The minimum absolute atomic E-state index is 0.0133. The number of benzene rings is 1.